The number of carboxylic acid groups (broad SMARTS) is 1. The smallest absolute Gasteiger partial charge is 0.389 e. The van der Waals surface area contributed by atoms with Crippen molar-refractivity contribution in [2.24, 2.45) is 0 Å². The van der Waals surface area contributed by atoms with Gasteiger partial charge in [-0.2, -0.15) is 4.68 Å². The van der Waals surface area contributed by atoms with Gasteiger partial charge in [0, 0.05) is 12.4 Å². The third kappa shape index (κ3) is 3.34. The molecule has 1 amide bonds. The molecule has 0 aliphatic rings. The zero-order chi connectivity index (χ0) is 15.4. The van der Waals surface area contributed by atoms with E-state index in [0.717, 1.165) is 10.7 Å². The average molecular weight is 292 g/mol. The minimum Gasteiger partial charge on any atom is -0.476 e. The second-order valence-electron chi connectivity index (χ2n) is 3.74. The van der Waals surface area contributed by atoms with Crippen LogP contribution in [0.25, 0.3) is 0 Å². The normalized spacial score (nSPS) is 10.1. The summed E-state index contributed by atoms with van der Waals surface area (Å²) in [6.07, 6.45) is 3.66. The Morgan fingerprint density at radius 1 is 1.38 bits per heavy atom. The molecule has 0 radical (unpaired) electrons. The molecule has 0 atom stereocenters. The van der Waals surface area contributed by atoms with E-state index in [2.05, 4.69) is 20.4 Å². The van der Waals surface area contributed by atoms with E-state index in [1.165, 1.54) is 18.6 Å². The summed E-state index contributed by atoms with van der Waals surface area (Å²) >= 11 is 0. The number of anilines is 1. The van der Waals surface area contributed by atoms with E-state index in [-0.39, 0.29) is 12.4 Å². The Morgan fingerprint density at radius 3 is 2.71 bits per heavy atom. The molecule has 2 rings (SSSR count). The maximum absolute atomic E-state index is 11.7. The molecule has 0 unspecified atom stereocenters. The van der Waals surface area contributed by atoms with E-state index in [1.807, 2.05) is 0 Å². The number of aromatic carboxylic acids is 1. The summed E-state index contributed by atoms with van der Waals surface area (Å²) in [4.78, 5) is 39.7. The minimum absolute atomic E-state index is 0.211. The zero-order valence-corrected chi connectivity index (χ0v) is 10.3. The van der Waals surface area contributed by atoms with Gasteiger partial charge < -0.3 is 20.5 Å². The average Bonchev–Trinajstić information content (AvgIpc) is 2.87. The van der Waals surface area contributed by atoms with Crippen molar-refractivity contribution in [3.8, 4) is 0 Å². The fourth-order valence-electron chi connectivity index (χ4n) is 1.44. The van der Waals surface area contributed by atoms with Crippen molar-refractivity contribution >= 4 is 23.5 Å². The van der Waals surface area contributed by atoms with E-state index < -0.39 is 28.3 Å². The first-order chi connectivity index (χ1) is 9.97. The van der Waals surface area contributed by atoms with Crippen molar-refractivity contribution in [1.29, 1.82) is 0 Å². The van der Waals surface area contributed by atoms with Gasteiger partial charge in [0.05, 0.1) is 17.4 Å². The molecule has 0 saturated heterocycles. The van der Waals surface area contributed by atoms with E-state index in [4.69, 9.17) is 5.11 Å². The van der Waals surface area contributed by atoms with Gasteiger partial charge in [-0.3, -0.25) is 4.79 Å². The standard InChI is InChI=1S/C10H8N6O5/c17-7(5-15-4-1-6(14-15)16(20)21)13-9-8(10(18)19)11-2-3-12-9/h1-4H,5H2,(H,18,19)(H,12,13,17). The summed E-state index contributed by atoms with van der Waals surface area (Å²) in [6, 6.07) is 1.14. The minimum atomic E-state index is -1.34. The number of aromatic nitrogens is 4. The van der Waals surface area contributed by atoms with E-state index in [9.17, 15) is 19.7 Å². The summed E-state index contributed by atoms with van der Waals surface area (Å²) in [5.74, 6) is -2.59. The summed E-state index contributed by atoms with van der Waals surface area (Å²) < 4.78 is 1.05. The van der Waals surface area contributed by atoms with Crippen molar-refractivity contribution < 1.29 is 19.6 Å². The van der Waals surface area contributed by atoms with Crippen LogP contribution < -0.4 is 5.32 Å². The Hall–Kier alpha value is -3.37. The van der Waals surface area contributed by atoms with E-state index >= 15 is 0 Å². The Morgan fingerprint density at radius 2 is 2.10 bits per heavy atom. The van der Waals surface area contributed by atoms with Crippen molar-refractivity contribution in [3.63, 3.8) is 0 Å². The monoisotopic (exact) mass is 292 g/mol. The fraction of sp³-hybridized carbons (Fsp3) is 0.100. The van der Waals surface area contributed by atoms with Gasteiger partial charge in [0.15, 0.2) is 11.5 Å². The first-order valence-electron chi connectivity index (χ1n) is 5.49. The van der Waals surface area contributed by atoms with Gasteiger partial charge >= 0.3 is 11.8 Å². The van der Waals surface area contributed by atoms with Crippen molar-refractivity contribution in [3.05, 3.63) is 40.5 Å². The number of nitrogens with zero attached hydrogens (tertiary/aromatic N) is 5. The van der Waals surface area contributed by atoms with Crippen LogP contribution in [-0.4, -0.2) is 41.7 Å². The molecule has 11 nitrogen and oxygen atoms in total. The van der Waals surface area contributed by atoms with Gasteiger partial charge in [0.25, 0.3) is 0 Å². The number of carbonyl (C=O) groups is 2. The number of nitrogens with one attached hydrogen (secondary N) is 1. The lowest BCUT2D eigenvalue weighted by molar-refractivity contribution is -0.389. The first kappa shape index (κ1) is 14.0. The maximum atomic E-state index is 11.7. The quantitative estimate of drug-likeness (QED) is 0.572. The molecule has 2 aromatic rings. The van der Waals surface area contributed by atoms with Crippen molar-refractivity contribution in [2.45, 2.75) is 6.54 Å². The van der Waals surface area contributed by atoms with Gasteiger partial charge in [0.1, 0.15) is 6.54 Å². The second kappa shape index (κ2) is 5.73. The molecule has 2 aromatic heterocycles. The molecule has 11 heteroatoms. The van der Waals surface area contributed by atoms with Crippen molar-refractivity contribution in [1.82, 2.24) is 19.7 Å². The predicted octanol–water partition coefficient (Wildman–Crippen LogP) is -0.0818. The molecule has 0 aromatic carbocycles. The third-order valence-electron chi connectivity index (χ3n) is 2.28. The van der Waals surface area contributed by atoms with Crippen LogP contribution in [0.2, 0.25) is 0 Å². The van der Waals surface area contributed by atoms with E-state index in [0.29, 0.717) is 0 Å². The van der Waals surface area contributed by atoms with Crippen LogP contribution in [0.5, 0.6) is 0 Å². The summed E-state index contributed by atoms with van der Waals surface area (Å²) in [6.45, 7) is -0.330. The molecule has 0 fully saturated rings. The lowest BCUT2D eigenvalue weighted by Crippen LogP contribution is -2.21. The Bertz CT molecular complexity index is 711. The van der Waals surface area contributed by atoms with Crippen LogP contribution >= 0.6 is 0 Å². The van der Waals surface area contributed by atoms with Gasteiger partial charge in [-0.05, 0) is 4.92 Å². The summed E-state index contributed by atoms with van der Waals surface area (Å²) in [5.41, 5.74) is -0.405. The summed E-state index contributed by atoms with van der Waals surface area (Å²) in [7, 11) is 0. The number of hydrogen-bond acceptors (Lipinski definition) is 7. The fourth-order valence-corrected chi connectivity index (χ4v) is 1.44. The van der Waals surface area contributed by atoms with Crippen LogP contribution in [-0.2, 0) is 11.3 Å². The highest BCUT2D eigenvalue weighted by Gasteiger charge is 2.17. The molecule has 108 valence electrons. The summed E-state index contributed by atoms with van der Waals surface area (Å²) in [5, 5.41) is 25.2. The number of carboxylic acids is 1. The molecule has 0 spiro atoms. The molecular formula is C10H8N6O5. The van der Waals surface area contributed by atoms with Crippen LogP contribution in [0, 0.1) is 10.1 Å². The highest BCUT2D eigenvalue weighted by molar-refractivity contribution is 5.97. The maximum Gasteiger partial charge on any atom is 0.389 e. The molecule has 2 heterocycles. The second-order valence-corrected chi connectivity index (χ2v) is 3.74. The van der Waals surface area contributed by atoms with Crippen LogP contribution in [0.15, 0.2) is 24.7 Å². The van der Waals surface area contributed by atoms with Gasteiger partial charge in [-0.25, -0.2) is 14.8 Å². The lowest BCUT2D eigenvalue weighted by Gasteiger charge is -2.05. The molecular weight excluding hydrogens is 284 g/mol. The Labute approximate surface area is 116 Å². The molecule has 2 N–H and O–H groups in total. The topological polar surface area (TPSA) is 153 Å². The Balaban J connectivity index is 2.08. The third-order valence-corrected chi connectivity index (χ3v) is 2.28. The number of rotatable bonds is 5. The predicted molar refractivity (Wildman–Crippen MR) is 66.5 cm³/mol. The molecule has 0 aliphatic heterocycles. The van der Waals surface area contributed by atoms with Gasteiger partial charge in [-0.15, -0.1) is 0 Å². The van der Waals surface area contributed by atoms with Crippen LogP contribution in [0.3, 0.4) is 0 Å². The van der Waals surface area contributed by atoms with Gasteiger partial charge in [0.2, 0.25) is 5.91 Å². The number of nitro groups is 1. The van der Waals surface area contributed by atoms with Crippen LogP contribution in [0.4, 0.5) is 11.6 Å². The Kier molecular flexibility index (Phi) is 3.83. The van der Waals surface area contributed by atoms with E-state index in [1.54, 1.807) is 0 Å². The highest BCUT2D eigenvalue weighted by Crippen LogP contribution is 2.09. The van der Waals surface area contributed by atoms with Crippen molar-refractivity contribution in [2.75, 3.05) is 5.32 Å². The number of hydrogen-bond donors (Lipinski definition) is 2. The van der Waals surface area contributed by atoms with Gasteiger partial charge in [-0.1, -0.05) is 0 Å². The zero-order valence-electron chi connectivity index (χ0n) is 10.3. The lowest BCUT2D eigenvalue weighted by atomic mass is 10.4. The molecule has 0 aliphatic carbocycles. The molecule has 0 bridgehead atoms. The highest BCUT2D eigenvalue weighted by atomic mass is 16.6. The largest absolute Gasteiger partial charge is 0.476 e. The number of amides is 1. The molecule has 0 saturated carbocycles. The SMILES string of the molecule is O=C(Cn1ccc([N+](=O)[O-])n1)Nc1nccnc1C(=O)O. The first-order valence-corrected chi connectivity index (χ1v) is 5.49. The molecule has 21 heavy (non-hydrogen) atoms. The number of carbonyl (C=O) groups excluding carboxylic acids is 1. The van der Waals surface area contributed by atoms with Crippen LogP contribution in [0.1, 0.15) is 10.5 Å².